The first-order chi connectivity index (χ1) is 18.4. The Hall–Kier alpha value is -2.58. The molecule has 0 amide bonds. The molecule has 0 spiro atoms. The van der Waals surface area contributed by atoms with Crippen molar-refractivity contribution in [1.82, 2.24) is 30.0 Å². The molecule has 39 heavy (non-hydrogen) atoms. The Bertz CT molecular complexity index is 1330. The highest BCUT2D eigenvalue weighted by Gasteiger charge is 2.53. The summed E-state index contributed by atoms with van der Waals surface area (Å²) in [4.78, 5) is 0. The number of fused-ring (bicyclic) bond motifs is 1. The van der Waals surface area contributed by atoms with Crippen LogP contribution in [-0.2, 0) is 30.9 Å². The van der Waals surface area contributed by atoms with Crippen molar-refractivity contribution >= 4 is 11.6 Å². The molecule has 212 valence electrons. The van der Waals surface area contributed by atoms with Gasteiger partial charge in [-0.3, -0.25) is 0 Å². The zero-order valence-corrected chi connectivity index (χ0v) is 22.9. The van der Waals surface area contributed by atoms with Gasteiger partial charge in [-0.15, -0.1) is 10.2 Å². The van der Waals surface area contributed by atoms with Gasteiger partial charge in [0.25, 0.3) is 0 Å². The largest absolute Gasteiger partial charge is 0.376 e. The zero-order valence-electron chi connectivity index (χ0n) is 22.1. The summed E-state index contributed by atoms with van der Waals surface area (Å²) in [7, 11) is 1.54. The van der Waals surface area contributed by atoms with Gasteiger partial charge in [-0.2, -0.15) is 0 Å². The standard InChI is InChI=1S/C25H30ClF3N6O4/c1-24(2,12-27)35-9-13(30-33-35)8-17-22(36-5)21(23-18(38-17)11-37-25(3,4)39-23)34-10-16(31-32-34)14-6-7-15(26)20(29)19(14)28/h6-7,9-10,17-18,21-23H,8,11-12H2,1-5H3/t17-,18-,21?,22+,23+/m1/s1. The molecule has 5 atom stereocenters. The SMILES string of the molecule is CO[C@@H]1C(n2cc(-c3ccc(Cl)c(F)c3F)nn2)[C@H]2OC(C)(C)OC[C@H]2O[C@@H]1Cc1cn(C(C)(C)CF)nn1. The molecule has 2 fully saturated rings. The van der Waals surface area contributed by atoms with Crippen molar-refractivity contribution < 1.29 is 32.1 Å². The van der Waals surface area contributed by atoms with Crippen molar-refractivity contribution in [1.29, 1.82) is 0 Å². The molecule has 2 aliphatic heterocycles. The van der Waals surface area contributed by atoms with Crippen molar-refractivity contribution in [3.8, 4) is 11.3 Å². The number of alkyl halides is 1. The third kappa shape index (κ3) is 5.30. The molecule has 2 saturated heterocycles. The van der Waals surface area contributed by atoms with Crippen LogP contribution in [-0.4, -0.2) is 80.6 Å². The molecule has 0 bridgehead atoms. The first-order valence-electron chi connectivity index (χ1n) is 12.5. The summed E-state index contributed by atoms with van der Waals surface area (Å²) in [5.74, 6) is -3.20. The molecule has 4 heterocycles. The van der Waals surface area contributed by atoms with Crippen LogP contribution in [0, 0.1) is 11.6 Å². The van der Waals surface area contributed by atoms with E-state index in [2.05, 4.69) is 20.6 Å². The predicted octanol–water partition coefficient (Wildman–Crippen LogP) is 3.89. The van der Waals surface area contributed by atoms with Crippen molar-refractivity contribution in [2.24, 2.45) is 0 Å². The first kappa shape index (κ1) is 28.0. The van der Waals surface area contributed by atoms with Crippen LogP contribution in [0.3, 0.4) is 0 Å². The number of methoxy groups -OCH3 is 1. The monoisotopic (exact) mass is 570 g/mol. The van der Waals surface area contributed by atoms with Crippen molar-refractivity contribution in [3.63, 3.8) is 0 Å². The summed E-state index contributed by atoms with van der Waals surface area (Å²) in [5, 5.41) is 16.3. The number of hydrogen-bond acceptors (Lipinski definition) is 8. The number of halogens is 4. The highest BCUT2D eigenvalue weighted by atomic mass is 35.5. The third-order valence-electron chi connectivity index (χ3n) is 7.07. The minimum Gasteiger partial charge on any atom is -0.376 e. The van der Waals surface area contributed by atoms with E-state index in [9.17, 15) is 13.2 Å². The molecule has 14 heteroatoms. The molecule has 0 radical (unpaired) electrons. The Morgan fingerprint density at radius 2 is 1.92 bits per heavy atom. The van der Waals surface area contributed by atoms with Crippen molar-refractivity contribution in [3.05, 3.63) is 46.9 Å². The maximum atomic E-state index is 14.7. The summed E-state index contributed by atoms with van der Waals surface area (Å²) < 4.78 is 69.8. The summed E-state index contributed by atoms with van der Waals surface area (Å²) in [6, 6.07) is 2.02. The van der Waals surface area contributed by atoms with Gasteiger partial charge in [0, 0.05) is 25.3 Å². The lowest BCUT2D eigenvalue weighted by atomic mass is 9.89. The number of rotatable bonds is 7. The normalized spacial score (nSPS) is 26.9. The van der Waals surface area contributed by atoms with E-state index < -0.39 is 60.1 Å². The highest BCUT2D eigenvalue weighted by molar-refractivity contribution is 6.30. The quantitative estimate of drug-likeness (QED) is 0.395. The number of benzene rings is 1. The second-order valence-corrected chi connectivity index (χ2v) is 11.2. The second kappa shape index (κ2) is 10.4. The fourth-order valence-electron chi connectivity index (χ4n) is 4.91. The van der Waals surface area contributed by atoms with E-state index >= 15 is 0 Å². The van der Waals surface area contributed by atoms with Gasteiger partial charge in [-0.25, -0.2) is 22.5 Å². The fourth-order valence-corrected chi connectivity index (χ4v) is 5.06. The fraction of sp³-hybridized carbons (Fsp3) is 0.600. The molecule has 1 aromatic carbocycles. The van der Waals surface area contributed by atoms with Crippen LogP contribution in [0.5, 0.6) is 0 Å². The Balaban J connectivity index is 1.49. The molecule has 5 rings (SSSR count). The lowest BCUT2D eigenvalue weighted by Gasteiger charge is -2.51. The lowest BCUT2D eigenvalue weighted by Crippen LogP contribution is -2.62. The van der Waals surface area contributed by atoms with Crippen LogP contribution >= 0.6 is 11.6 Å². The van der Waals surface area contributed by atoms with Gasteiger partial charge in [-0.05, 0) is 39.8 Å². The van der Waals surface area contributed by atoms with Crippen LogP contribution in [0.4, 0.5) is 13.2 Å². The molecule has 2 aromatic heterocycles. The first-order valence-corrected chi connectivity index (χ1v) is 12.9. The van der Waals surface area contributed by atoms with E-state index in [4.69, 9.17) is 30.5 Å². The van der Waals surface area contributed by atoms with Gasteiger partial charge in [0.05, 0.1) is 35.2 Å². The van der Waals surface area contributed by atoms with E-state index in [-0.39, 0.29) is 22.9 Å². The maximum Gasteiger partial charge on any atom is 0.178 e. The average molecular weight is 571 g/mol. The smallest absolute Gasteiger partial charge is 0.178 e. The number of aromatic nitrogens is 6. The molecule has 0 aliphatic carbocycles. The predicted molar refractivity (Wildman–Crippen MR) is 133 cm³/mol. The van der Waals surface area contributed by atoms with Gasteiger partial charge >= 0.3 is 0 Å². The molecule has 2 aliphatic rings. The van der Waals surface area contributed by atoms with Gasteiger partial charge in [0.15, 0.2) is 17.4 Å². The molecule has 1 unspecified atom stereocenters. The Labute approximate surface area is 228 Å². The summed E-state index contributed by atoms with van der Waals surface area (Å²) >= 11 is 5.71. The van der Waals surface area contributed by atoms with Crippen molar-refractivity contribution in [2.75, 3.05) is 20.4 Å². The highest BCUT2D eigenvalue weighted by Crippen LogP contribution is 2.40. The second-order valence-electron chi connectivity index (χ2n) is 10.8. The summed E-state index contributed by atoms with van der Waals surface area (Å²) in [6.45, 7) is 6.64. The Morgan fingerprint density at radius 1 is 1.15 bits per heavy atom. The number of ether oxygens (including phenoxy) is 4. The van der Waals surface area contributed by atoms with Crippen LogP contribution in [0.15, 0.2) is 24.5 Å². The molecule has 3 aromatic rings. The summed E-state index contributed by atoms with van der Waals surface area (Å²) in [5.41, 5.74) is -0.244. The van der Waals surface area contributed by atoms with Gasteiger partial charge in [-0.1, -0.05) is 22.0 Å². The van der Waals surface area contributed by atoms with Crippen LogP contribution in [0.25, 0.3) is 11.3 Å². The number of nitrogens with zero attached hydrogens (tertiary/aromatic N) is 6. The maximum absolute atomic E-state index is 14.7. The zero-order chi connectivity index (χ0) is 28.1. The van der Waals surface area contributed by atoms with E-state index in [0.29, 0.717) is 12.1 Å². The molecule has 10 nitrogen and oxygen atoms in total. The number of hydrogen-bond donors (Lipinski definition) is 0. The topological polar surface area (TPSA) is 98.3 Å². The lowest BCUT2D eigenvalue weighted by molar-refractivity contribution is -0.349. The van der Waals surface area contributed by atoms with E-state index in [1.165, 1.54) is 34.8 Å². The van der Waals surface area contributed by atoms with Crippen LogP contribution in [0.1, 0.15) is 39.4 Å². The molecule has 0 saturated carbocycles. The van der Waals surface area contributed by atoms with Gasteiger partial charge in [0.1, 0.15) is 36.7 Å². The van der Waals surface area contributed by atoms with E-state index in [1.807, 2.05) is 0 Å². The van der Waals surface area contributed by atoms with Gasteiger partial charge in [0.2, 0.25) is 0 Å². The van der Waals surface area contributed by atoms with E-state index in [1.54, 1.807) is 33.9 Å². The Kier molecular flexibility index (Phi) is 7.48. The average Bonchev–Trinajstić information content (AvgIpc) is 3.57. The van der Waals surface area contributed by atoms with Crippen LogP contribution < -0.4 is 0 Å². The minimum atomic E-state index is -1.16. The molecular formula is C25H30ClF3N6O4. The molecular weight excluding hydrogens is 541 g/mol. The third-order valence-corrected chi connectivity index (χ3v) is 7.36. The Morgan fingerprint density at radius 3 is 2.64 bits per heavy atom. The van der Waals surface area contributed by atoms with Crippen LogP contribution in [0.2, 0.25) is 5.02 Å². The van der Waals surface area contributed by atoms with E-state index in [0.717, 1.165) is 0 Å². The summed E-state index contributed by atoms with van der Waals surface area (Å²) in [6.07, 6.45) is 1.23. The van der Waals surface area contributed by atoms with Crippen molar-refractivity contribution in [2.45, 2.75) is 75.9 Å². The minimum absolute atomic E-state index is 0.0856. The van der Waals surface area contributed by atoms with Gasteiger partial charge < -0.3 is 18.9 Å². The molecule has 0 N–H and O–H groups in total.